The molecule has 0 spiro atoms. The van der Waals surface area contributed by atoms with Crippen LogP contribution in [0.5, 0.6) is 0 Å². The molecule has 0 fully saturated rings. The van der Waals surface area contributed by atoms with Gasteiger partial charge in [-0.3, -0.25) is 0 Å². The summed E-state index contributed by atoms with van der Waals surface area (Å²) in [6, 6.07) is 0. The number of cyclic esters (lactones) is 1. The van der Waals surface area contributed by atoms with Crippen LogP contribution in [0.4, 0.5) is 0 Å². The molecule has 0 atom stereocenters. The lowest BCUT2D eigenvalue weighted by molar-refractivity contribution is -0.132. The molecule has 1 aliphatic rings. The number of carbonyl (C=O) groups excluding carboxylic acids is 1. The maximum Gasteiger partial charge on any atom is 0.340 e. The van der Waals surface area contributed by atoms with Gasteiger partial charge in [-0.05, 0) is 13.0 Å². The molecule has 0 saturated carbocycles. The highest BCUT2D eigenvalue weighted by Gasteiger charge is 2.19. The summed E-state index contributed by atoms with van der Waals surface area (Å²) < 4.78 is 9.55. The highest BCUT2D eigenvalue weighted by molar-refractivity contribution is 5.87. The van der Waals surface area contributed by atoms with Crippen LogP contribution in [0.2, 0.25) is 0 Å². The van der Waals surface area contributed by atoms with Crippen molar-refractivity contribution in [2.45, 2.75) is 6.92 Å². The van der Waals surface area contributed by atoms with Crippen molar-refractivity contribution < 1.29 is 14.3 Å². The lowest BCUT2D eigenvalue weighted by Crippen LogP contribution is -1.91. The molecule has 0 aliphatic carbocycles. The van der Waals surface area contributed by atoms with Crippen molar-refractivity contribution in [3.05, 3.63) is 23.7 Å². The second-order valence-electron chi connectivity index (χ2n) is 1.79. The summed E-state index contributed by atoms with van der Waals surface area (Å²) in [4.78, 5) is 10.6. The van der Waals surface area contributed by atoms with Crippen molar-refractivity contribution in [2.24, 2.45) is 0 Å². The van der Waals surface area contributed by atoms with Crippen LogP contribution in [0.25, 0.3) is 0 Å². The number of rotatable bonds is 1. The average molecular weight is 140 g/mol. The van der Waals surface area contributed by atoms with E-state index in [1.54, 1.807) is 13.0 Å². The minimum atomic E-state index is -0.370. The van der Waals surface area contributed by atoms with Gasteiger partial charge in [0.2, 0.25) is 0 Å². The van der Waals surface area contributed by atoms with Crippen LogP contribution in [0, 0.1) is 0 Å². The Hall–Kier alpha value is -1.25. The zero-order valence-corrected chi connectivity index (χ0v) is 5.88. The van der Waals surface area contributed by atoms with Crippen LogP contribution in [0.3, 0.4) is 0 Å². The van der Waals surface area contributed by atoms with Gasteiger partial charge in [0, 0.05) is 0 Å². The molecule has 3 heteroatoms. The lowest BCUT2D eigenvalue weighted by Gasteiger charge is -1.99. The number of esters is 1. The largest absolute Gasteiger partial charge is 0.493 e. The van der Waals surface area contributed by atoms with Crippen LogP contribution in [0.1, 0.15) is 6.92 Å². The van der Waals surface area contributed by atoms with E-state index < -0.39 is 0 Å². The minimum Gasteiger partial charge on any atom is -0.493 e. The fraction of sp³-hybridized carbons (Fsp3) is 0.286. The molecule has 0 aromatic heterocycles. The summed E-state index contributed by atoms with van der Waals surface area (Å²) in [6.07, 6.45) is 3.00. The van der Waals surface area contributed by atoms with Gasteiger partial charge in [0.15, 0.2) is 11.5 Å². The van der Waals surface area contributed by atoms with E-state index in [0.29, 0.717) is 11.5 Å². The highest BCUT2D eigenvalue weighted by atomic mass is 16.6. The van der Waals surface area contributed by atoms with E-state index >= 15 is 0 Å². The topological polar surface area (TPSA) is 35.5 Å². The minimum absolute atomic E-state index is 0.370. The summed E-state index contributed by atoms with van der Waals surface area (Å²) >= 11 is 0. The fourth-order valence-corrected chi connectivity index (χ4v) is 0.727. The molecule has 1 heterocycles. The molecule has 54 valence electrons. The summed E-state index contributed by atoms with van der Waals surface area (Å²) in [5, 5.41) is 0. The van der Waals surface area contributed by atoms with E-state index in [2.05, 4.69) is 0 Å². The van der Waals surface area contributed by atoms with E-state index in [9.17, 15) is 4.79 Å². The SMILES string of the molecule is C/C=C1\OC(=O)C=C1OC. The quantitative estimate of drug-likeness (QED) is 0.509. The Bertz CT molecular complexity index is 213. The normalized spacial score (nSPS) is 20.8. The zero-order chi connectivity index (χ0) is 7.56. The zero-order valence-electron chi connectivity index (χ0n) is 5.88. The number of methoxy groups -OCH3 is 1. The molecule has 0 aromatic carbocycles. The van der Waals surface area contributed by atoms with Crippen LogP contribution in [-0.2, 0) is 14.3 Å². The number of ether oxygens (including phenoxy) is 2. The summed E-state index contributed by atoms with van der Waals surface area (Å²) in [5.74, 6) is 0.616. The van der Waals surface area contributed by atoms with Crippen molar-refractivity contribution >= 4 is 5.97 Å². The van der Waals surface area contributed by atoms with Crippen LogP contribution in [0.15, 0.2) is 23.7 Å². The fourth-order valence-electron chi connectivity index (χ4n) is 0.727. The molecule has 0 radical (unpaired) electrons. The van der Waals surface area contributed by atoms with Crippen LogP contribution < -0.4 is 0 Å². The number of carbonyl (C=O) groups is 1. The molecule has 0 aromatic rings. The predicted octanol–water partition coefficient (Wildman–Crippen LogP) is 0.977. The third kappa shape index (κ3) is 1.03. The number of hydrogen-bond donors (Lipinski definition) is 0. The van der Waals surface area contributed by atoms with Crippen molar-refractivity contribution in [1.29, 1.82) is 0 Å². The molecule has 0 bridgehead atoms. The van der Waals surface area contributed by atoms with Gasteiger partial charge in [0.25, 0.3) is 0 Å². The Kier molecular flexibility index (Phi) is 1.76. The molecule has 3 nitrogen and oxygen atoms in total. The third-order valence-corrected chi connectivity index (χ3v) is 1.18. The Morgan fingerprint density at radius 1 is 1.70 bits per heavy atom. The molecular weight excluding hydrogens is 132 g/mol. The van der Waals surface area contributed by atoms with E-state index in [1.165, 1.54) is 13.2 Å². The monoisotopic (exact) mass is 140 g/mol. The summed E-state index contributed by atoms with van der Waals surface area (Å²) in [7, 11) is 1.50. The maximum absolute atomic E-state index is 10.6. The molecule has 0 unspecified atom stereocenters. The van der Waals surface area contributed by atoms with Crippen molar-refractivity contribution in [2.75, 3.05) is 7.11 Å². The molecule has 10 heavy (non-hydrogen) atoms. The summed E-state index contributed by atoms with van der Waals surface area (Å²) in [5.41, 5.74) is 0. The lowest BCUT2D eigenvalue weighted by atomic mass is 10.4. The van der Waals surface area contributed by atoms with Gasteiger partial charge in [-0.15, -0.1) is 0 Å². The maximum atomic E-state index is 10.6. The predicted molar refractivity (Wildman–Crippen MR) is 34.9 cm³/mol. The second kappa shape index (κ2) is 2.56. The Labute approximate surface area is 58.9 Å². The van der Waals surface area contributed by atoms with Crippen molar-refractivity contribution in [3.63, 3.8) is 0 Å². The Balaban J connectivity index is 2.85. The first kappa shape index (κ1) is 6.86. The Morgan fingerprint density at radius 3 is 2.80 bits per heavy atom. The van der Waals surface area contributed by atoms with Gasteiger partial charge in [0.05, 0.1) is 13.2 Å². The molecule has 0 amide bonds. The first-order valence-electron chi connectivity index (χ1n) is 2.92. The number of hydrogen-bond acceptors (Lipinski definition) is 3. The molecule has 0 N–H and O–H groups in total. The smallest absolute Gasteiger partial charge is 0.340 e. The van der Waals surface area contributed by atoms with Gasteiger partial charge in [-0.25, -0.2) is 4.79 Å². The third-order valence-electron chi connectivity index (χ3n) is 1.18. The van der Waals surface area contributed by atoms with Gasteiger partial charge >= 0.3 is 5.97 Å². The van der Waals surface area contributed by atoms with Gasteiger partial charge in [-0.2, -0.15) is 0 Å². The van der Waals surface area contributed by atoms with Crippen LogP contribution in [-0.4, -0.2) is 13.1 Å². The van der Waals surface area contributed by atoms with Crippen LogP contribution >= 0.6 is 0 Å². The molecular formula is C7H8O3. The van der Waals surface area contributed by atoms with E-state index in [1.807, 2.05) is 0 Å². The van der Waals surface area contributed by atoms with E-state index in [-0.39, 0.29) is 5.97 Å². The Morgan fingerprint density at radius 2 is 2.40 bits per heavy atom. The first-order chi connectivity index (χ1) is 4.77. The average Bonchev–Trinajstić information content (AvgIpc) is 2.30. The standard InChI is InChI=1S/C7H8O3/c1-3-5-6(9-2)4-7(8)10-5/h3-4H,1-2H3/b5-3-. The van der Waals surface area contributed by atoms with Crippen molar-refractivity contribution in [3.8, 4) is 0 Å². The van der Waals surface area contributed by atoms with Gasteiger partial charge in [-0.1, -0.05) is 0 Å². The van der Waals surface area contributed by atoms with E-state index in [4.69, 9.17) is 9.47 Å². The van der Waals surface area contributed by atoms with Gasteiger partial charge in [0.1, 0.15) is 0 Å². The number of allylic oxidation sites excluding steroid dienone is 1. The van der Waals surface area contributed by atoms with E-state index in [0.717, 1.165) is 0 Å². The van der Waals surface area contributed by atoms with Crippen molar-refractivity contribution in [1.82, 2.24) is 0 Å². The van der Waals surface area contributed by atoms with Gasteiger partial charge < -0.3 is 9.47 Å². The highest BCUT2D eigenvalue weighted by Crippen LogP contribution is 2.18. The molecule has 0 saturated heterocycles. The first-order valence-corrected chi connectivity index (χ1v) is 2.92. The summed E-state index contributed by atoms with van der Waals surface area (Å²) in [6.45, 7) is 1.78. The molecule has 1 rings (SSSR count). The second-order valence-corrected chi connectivity index (χ2v) is 1.79. The molecule has 1 aliphatic heterocycles.